The standard InChI is InChI=1S/C25H34/c1-4-5-23-16-17-25(18-20(23)3)24-14-12-22(13-15-24)11-10-21-8-6-19(2)7-9-21/h12-19,21H,4-11H2,1-3H3. The predicted molar refractivity (Wildman–Crippen MR) is 110 cm³/mol. The highest BCUT2D eigenvalue weighted by Gasteiger charge is 2.17. The van der Waals surface area contributed by atoms with E-state index in [1.165, 1.54) is 79.2 Å². The Morgan fingerprint density at radius 3 is 2.16 bits per heavy atom. The van der Waals surface area contributed by atoms with Gasteiger partial charge in [0.15, 0.2) is 0 Å². The Bertz CT molecular complexity index is 657. The molecule has 2 aromatic rings. The first-order valence-electron chi connectivity index (χ1n) is 10.3. The van der Waals surface area contributed by atoms with Crippen LogP contribution >= 0.6 is 0 Å². The summed E-state index contributed by atoms with van der Waals surface area (Å²) >= 11 is 0. The molecule has 0 radical (unpaired) electrons. The summed E-state index contributed by atoms with van der Waals surface area (Å²) in [6, 6.07) is 16.3. The largest absolute Gasteiger partial charge is 0.0651 e. The molecule has 0 spiro atoms. The number of benzene rings is 2. The minimum atomic E-state index is 0.961. The molecule has 2 aromatic carbocycles. The van der Waals surface area contributed by atoms with Crippen molar-refractivity contribution in [1.82, 2.24) is 0 Å². The summed E-state index contributed by atoms with van der Waals surface area (Å²) in [6.45, 7) is 6.90. The normalized spacial score (nSPS) is 20.6. The van der Waals surface area contributed by atoms with E-state index in [-0.39, 0.29) is 0 Å². The molecule has 1 fully saturated rings. The minimum Gasteiger partial charge on any atom is -0.0651 e. The Hall–Kier alpha value is -1.56. The summed E-state index contributed by atoms with van der Waals surface area (Å²) in [5, 5.41) is 0. The van der Waals surface area contributed by atoms with Crippen LogP contribution < -0.4 is 0 Å². The van der Waals surface area contributed by atoms with Crippen molar-refractivity contribution >= 4 is 0 Å². The van der Waals surface area contributed by atoms with Crippen LogP contribution in [-0.4, -0.2) is 0 Å². The minimum absolute atomic E-state index is 0.961. The fraction of sp³-hybridized carbons (Fsp3) is 0.520. The van der Waals surface area contributed by atoms with Gasteiger partial charge in [0.25, 0.3) is 0 Å². The molecule has 0 bridgehead atoms. The molecule has 0 atom stereocenters. The van der Waals surface area contributed by atoms with Gasteiger partial charge in [0.05, 0.1) is 0 Å². The van der Waals surface area contributed by atoms with E-state index < -0.39 is 0 Å². The lowest BCUT2D eigenvalue weighted by Crippen LogP contribution is -2.12. The molecule has 3 rings (SSSR count). The molecule has 0 saturated heterocycles. The van der Waals surface area contributed by atoms with Gasteiger partial charge in [-0.05, 0) is 65.8 Å². The van der Waals surface area contributed by atoms with E-state index in [0.29, 0.717) is 0 Å². The average Bonchev–Trinajstić information content (AvgIpc) is 2.63. The average molecular weight is 335 g/mol. The number of hydrogen-bond acceptors (Lipinski definition) is 0. The summed E-state index contributed by atoms with van der Waals surface area (Å²) in [6.07, 6.45) is 10.8. The van der Waals surface area contributed by atoms with Crippen molar-refractivity contribution in [3.05, 3.63) is 59.2 Å². The van der Waals surface area contributed by atoms with Gasteiger partial charge in [-0.1, -0.05) is 88.4 Å². The van der Waals surface area contributed by atoms with Crippen molar-refractivity contribution in [2.24, 2.45) is 11.8 Å². The van der Waals surface area contributed by atoms with E-state index in [1.807, 2.05) is 0 Å². The Kier molecular flexibility index (Phi) is 6.34. The molecule has 0 amide bonds. The van der Waals surface area contributed by atoms with Gasteiger partial charge in [0.2, 0.25) is 0 Å². The van der Waals surface area contributed by atoms with Crippen LogP contribution in [0.25, 0.3) is 11.1 Å². The van der Waals surface area contributed by atoms with Gasteiger partial charge < -0.3 is 0 Å². The molecule has 134 valence electrons. The zero-order valence-corrected chi connectivity index (χ0v) is 16.4. The van der Waals surface area contributed by atoms with Gasteiger partial charge in [-0.25, -0.2) is 0 Å². The van der Waals surface area contributed by atoms with Crippen LogP contribution in [0.1, 0.15) is 69.1 Å². The van der Waals surface area contributed by atoms with Crippen molar-refractivity contribution in [3.63, 3.8) is 0 Å². The predicted octanol–water partition coefficient (Wildman–Crippen LogP) is 7.37. The number of hydrogen-bond donors (Lipinski definition) is 0. The van der Waals surface area contributed by atoms with Gasteiger partial charge in [-0.2, -0.15) is 0 Å². The Balaban J connectivity index is 1.59. The molecule has 0 unspecified atom stereocenters. The first-order valence-corrected chi connectivity index (χ1v) is 10.3. The molecule has 0 heterocycles. The molecule has 0 aromatic heterocycles. The molecule has 0 aliphatic heterocycles. The molecule has 0 N–H and O–H groups in total. The SMILES string of the molecule is CCCc1ccc(-c2ccc(CCC3CCC(C)CC3)cc2)cc1C. The maximum absolute atomic E-state index is 2.41. The van der Waals surface area contributed by atoms with Crippen molar-refractivity contribution in [1.29, 1.82) is 0 Å². The van der Waals surface area contributed by atoms with Crippen LogP contribution in [0, 0.1) is 18.8 Å². The van der Waals surface area contributed by atoms with Gasteiger partial charge in [-0.15, -0.1) is 0 Å². The van der Waals surface area contributed by atoms with Crippen molar-refractivity contribution in [3.8, 4) is 11.1 Å². The lowest BCUT2D eigenvalue weighted by Gasteiger charge is -2.26. The highest BCUT2D eigenvalue weighted by atomic mass is 14.2. The van der Waals surface area contributed by atoms with E-state index in [1.54, 1.807) is 0 Å². The molecular weight excluding hydrogens is 300 g/mol. The third-order valence-electron chi connectivity index (χ3n) is 6.13. The zero-order valence-electron chi connectivity index (χ0n) is 16.4. The summed E-state index contributed by atoms with van der Waals surface area (Å²) in [4.78, 5) is 0. The summed E-state index contributed by atoms with van der Waals surface area (Å²) in [5.74, 6) is 1.92. The second-order valence-electron chi connectivity index (χ2n) is 8.25. The van der Waals surface area contributed by atoms with Crippen LogP contribution in [0.2, 0.25) is 0 Å². The van der Waals surface area contributed by atoms with Crippen molar-refractivity contribution < 1.29 is 0 Å². The Morgan fingerprint density at radius 1 is 0.840 bits per heavy atom. The zero-order chi connectivity index (χ0) is 17.6. The highest BCUT2D eigenvalue weighted by molar-refractivity contribution is 5.65. The maximum atomic E-state index is 2.41. The number of aryl methyl sites for hydroxylation is 3. The second kappa shape index (κ2) is 8.70. The van der Waals surface area contributed by atoms with Gasteiger partial charge in [0.1, 0.15) is 0 Å². The topological polar surface area (TPSA) is 0 Å². The van der Waals surface area contributed by atoms with Gasteiger partial charge >= 0.3 is 0 Å². The first-order chi connectivity index (χ1) is 12.2. The van der Waals surface area contributed by atoms with Crippen LogP contribution in [-0.2, 0) is 12.8 Å². The Morgan fingerprint density at radius 2 is 1.52 bits per heavy atom. The second-order valence-corrected chi connectivity index (χ2v) is 8.25. The third-order valence-corrected chi connectivity index (χ3v) is 6.13. The Labute approximate surface area is 154 Å². The third kappa shape index (κ3) is 4.97. The fourth-order valence-corrected chi connectivity index (χ4v) is 4.28. The summed E-state index contributed by atoms with van der Waals surface area (Å²) in [7, 11) is 0. The van der Waals surface area contributed by atoms with E-state index in [2.05, 4.69) is 63.2 Å². The molecule has 0 heteroatoms. The van der Waals surface area contributed by atoms with E-state index >= 15 is 0 Å². The monoisotopic (exact) mass is 334 g/mol. The van der Waals surface area contributed by atoms with Crippen molar-refractivity contribution in [2.45, 2.75) is 72.1 Å². The number of rotatable bonds is 6. The molecule has 0 nitrogen and oxygen atoms in total. The van der Waals surface area contributed by atoms with E-state index in [4.69, 9.17) is 0 Å². The van der Waals surface area contributed by atoms with E-state index in [9.17, 15) is 0 Å². The van der Waals surface area contributed by atoms with E-state index in [0.717, 1.165) is 11.8 Å². The highest BCUT2D eigenvalue weighted by Crippen LogP contribution is 2.31. The lowest BCUT2D eigenvalue weighted by atomic mass is 9.80. The van der Waals surface area contributed by atoms with Gasteiger partial charge in [-0.3, -0.25) is 0 Å². The summed E-state index contributed by atoms with van der Waals surface area (Å²) < 4.78 is 0. The van der Waals surface area contributed by atoms with Crippen LogP contribution in [0.4, 0.5) is 0 Å². The van der Waals surface area contributed by atoms with Crippen LogP contribution in [0.15, 0.2) is 42.5 Å². The molecule has 1 aliphatic carbocycles. The van der Waals surface area contributed by atoms with Crippen LogP contribution in [0.3, 0.4) is 0 Å². The lowest BCUT2D eigenvalue weighted by molar-refractivity contribution is 0.278. The maximum Gasteiger partial charge on any atom is -0.0181 e. The first kappa shape index (κ1) is 18.2. The quantitative estimate of drug-likeness (QED) is 0.517. The van der Waals surface area contributed by atoms with Gasteiger partial charge in [0, 0.05) is 0 Å². The smallest absolute Gasteiger partial charge is 0.0181 e. The summed E-state index contributed by atoms with van der Waals surface area (Å²) in [5.41, 5.74) is 7.12. The fourth-order valence-electron chi connectivity index (χ4n) is 4.28. The van der Waals surface area contributed by atoms with Crippen molar-refractivity contribution in [2.75, 3.05) is 0 Å². The van der Waals surface area contributed by atoms with Crippen LogP contribution in [0.5, 0.6) is 0 Å². The molecule has 1 aliphatic rings. The molecule has 25 heavy (non-hydrogen) atoms. The molecular formula is C25H34. The molecule has 1 saturated carbocycles.